The molecule has 2 aromatic carbocycles. The molecule has 0 unspecified atom stereocenters. The topological polar surface area (TPSA) is 98.3 Å². The number of carbonyl (C=O) groups is 1. The fraction of sp³-hybridized carbons (Fsp3) is 0.0526. The number of nitro groups is 1. The first-order valence-electron chi connectivity index (χ1n) is 8.03. The number of hydrogen-bond acceptors (Lipinski definition) is 6. The predicted molar refractivity (Wildman–Crippen MR) is 103 cm³/mol. The number of para-hydroxylation sites is 1. The minimum absolute atomic E-state index is 0.114. The number of fused-ring (bicyclic) bond motifs is 1. The van der Waals surface area contributed by atoms with Gasteiger partial charge in [0.2, 0.25) is 0 Å². The smallest absolute Gasteiger partial charge is 0.395 e. The standard InChI is InChI=1S/C19H13N3O4S/c1-11-10-12(19-21-14-4-2-3-5-16(14)27-19)6-7-13(11)20-18(23)15-8-9-17(26-15)22(24)25/h2-10H,1H3,(H,20,23). The lowest BCUT2D eigenvalue weighted by Crippen LogP contribution is -2.11. The van der Waals surface area contributed by atoms with Gasteiger partial charge >= 0.3 is 5.88 Å². The van der Waals surface area contributed by atoms with Crippen LogP contribution in [-0.4, -0.2) is 15.8 Å². The highest BCUT2D eigenvalue weighted by molar-refractivity contribution is 7.21. The van der Waals surface area contributed by atoms with Crippen LogP contribution in [0.25, 0.3) is 20.8 Å². The van der Waals surface area contributed by atoms with E-state index in [2.05, 4.69) is 10.3 Å². The van der Waals surface area contributed by atoms with Crippen molar-refractivity contribution >= 4 is 39.0 Å². The maximum absolute atomic E-state index is 12.2. The van der Waals surface area contributed by atoms with Gasteiger partial charge in [-0.1, -0.05) is 12.1 Å². The Kier molecular flexibility index (Phi) is 4.17. The first-order valence-corrected chi connectivity index (χ1v) is 8.85. The zero-order chi connectivity index (χ0) is 19.0. The van der Waals surface area contributed by atoms with E-state index in [0.717, 1.165) is 32.4 Å². The van der Waals surface area contributed by atoms with Gasteiger partial charge in [-0.05, 0) is 48.9 Å². The molecule has 0 aliphatic heterocycles. The summed E-state index contributed by atoms with van der Waals surface area (Å²) >= 11 is 1.60. The minimum Gasteiger partial charge on any atom is -0.395 e. The molecule has 0 saturated heterocycles. The molecule has 1 amide bonds. The number of nitrogens with zero attached hydrogens (tertiary/aromatic N) is 2. The van der Waals surface area contributed by atoms with Crippen LogP contribution in [0.15, 0.2) is 59.0 Å². The van der Waals surface area contributed by atoms with Crippen LogP contribution in [0.2, 0.25) is 0 Å². The fourth-order valence-corrected chi connectivity index (χ4v) is 3.63. The Morgan fingerprint density at radius 2 is 2.00 bits per heavy atom. The van der Waals surface area contributed by atoms with Gasteiger partial charge in [0.1, 0.15) is 9.93 Å². The summed E-state index contributed by atoms with van der Waals surface area (Å²) in [6.45, 7) is 1.87. The lowest BCUT2D eigenvalue weighted by molar-refractivity contribution is -0.402. The largest absolute Gasteiger partial charge is 0.433 e. The third-order valence-electron chi connectivity index (χ3n) is 4.01. The number of hydrogen-bond donors (Lipinski definition) is 1. The maximum atomic E-state index is 12.2. The maximum Gasteiger partial charge on any atom is 0.433 e. The van der Waals surface area contributed by atoms with Crippen molar-refractivity contribution in [1.82, 2.24) is 4.98 Å². The molecule has 1 N–H and O–H groups in total. The molecule has 2 aromatic heterocycles. The summed E-state index contributed by atoms with van der Waals surface area (Å²) in [5, 5.41) is 14.3. The van der Waals surface area contributed by atoms with Crippen LogP contribution in [0, 0.1) is 17.0 Å². The molecule has 0 aliphatic rings. The van der Waals surface area contributed by atoms with Crippen molar-refractivity contribution in [2.24, 2.45) is 0 Å². The van der Waals surface area contributed by atoms with Gasteiger partial charge in [0.05, 0.1) is 16.3 Å². The first kappa shape index (κ1) is 16.9. The fourth-order valence-electron chi connectivity index (χ4n) is 2.66. The van der Waals surface area contributed by atoms with Gasteiger partial charge in [-0.25, -0.2) is 4.98 Å². The van der Waals surface area contributed by atoms with Gasteiger partial charge in [0.15, 0.2) is 5.76 Å². The molecule has 0 aliphatic carbocycles. The normalized spacial score (nSPS) is 10.9. The summed E-state index contributed by atoms with van der Waals surface area (Å²) in [5.41, 5.74) is 3.36. The third kappa shape index (κ3) is 3.30. The number of aromatic nitrogens is 1. The van der Waals surface area contributed by atoms with Gasteiger partial charge < -0.3 is 9.73 Å². The van der Waals surface area contributed by atoms with Gasteiger partial charge in [-0.3, -0.25) is 14.9 Å². The molecule has 0 bridgehead atoms. The Bertz CT molecular complexity index is 1150. The zero-order valence-electron chi connectivity index (χ0n) is 14.1. The molecule has 0 fully saturated rings. The number of nitrogens with one attached hydrogen (secondary N) is 1. The van der Waals surface area contributed by atoms with E-state index >= 15 is 0 Å². The molecular formula is C19H13N3O4S. The van der Waals surface area contributed by atoms with Crippen LogP contribution >= 0.6 is 11.3 Å². The van der Waals surface area contributed by atoms with Crippen molar-refractivity contribution in [3.8, 4) is 10.6 Å². The van der Waals surface area contributed by atoms with Crippen LogP contribution in [0.1, 0.15) is 16.1 Å². The van der Waals surface area contributed by atoms with E-state index in [1.165, 1.54) is 6.07 Å². The van der Waals surface area contributed by atoms with Gasteiger partial charge in [0, 0.05) is 11.3 Å². The number of benzene rings is 2. The average Bonchev–Trinajstić information content (AvgIpc) is 3.30. The molecule has 0 atom stereocenters. The Balaban J connectivity index is 1.57. The molecule has 4 aromatic rings. The average molecular weight is 379 g/mol. The van der Waals surface area contributed by atoms with E-state index in [-0.39, 0.29) is 5.76 Å². The highest BCUT2D eigenvalue weighted by Crippen LogP contribution is 2.32. The minimum atomic E-state index is -0.686. The molecule has 0 saturated carbocycles. The Morgan fingerprint density at radius 3 is 2.70 bits per heavy atom. The van der Waals surface area contributed by atoms with Crippen molar-refractivity contribution in [2.75, 3.05) is 5.32 Å². The number of carbonyl (C=O) groups excluding carboxylic acids is 1. The van der Waals surface area contributed by atoms with Crippen LogP contribution in [0.4, 0.5) is 11.6 Å². The van der Waals surface area contributed by atoms with Crippen molar-refractivity contribution < 1.29 is 14.1 Å². The van der Waals surface area contributed by atoms with Gasteiger partial charge in [-0.2, -0.15) is 0 Å². The van der Waals surface area contributed by atoms with E-state index in [9.17, 15) is 14.9 Å². The molecule has 0 radical (unpaired) electrons. The second-order valence-electron chi connectivity index (χ2n) is 5.87. The van der Waals surface area contributed by atoms with E-state index < -0.39 is 16.7 Å². The third-order valence-corrected chi connectivity index (χ3v) is 5.10. The summed E-state index contributed by atoms with van der Waals surface area (Å²) in [7, 11) is 0. The number of furan rings is 1. The molecule has 27 heavy (non-hydrogen) atoms. The summed E-state index contributed by atoms with van der Waals surface area (Å²) in [5.74, 6) is -1.13. The summed E-state index contributed by atoms with van der Waals surface area (Å²) in [6, 6.07) is 16.0. The van der Waals surface area contributed by atoms with E-state index in [1.807, 2.05) is 43.3 Å². The number of rotatable bonds is 4. The van der Waals surface area contributed by atoms with Crippen molar-refractivity contribution in [3.05, 3.63) is 76.0 Å². The Morgan fingerprint density at radius 1 is 1.19 bits per heavy atom. The first-order chi connectivity index (χ1) is 13.0. The number of thiazole rings is 1. The number of amides is 1. The number of aryl methyl sites for hydroxylation is 1. The highest BCUT2D eigenvalue weighted by atomic mass is 32.1. The van der Waals surface area contributed by atoms with Crippen LogP contribution in [0.3, 0.4) is 0 Å². The SMILES string of the molecule is Cc1cc(-c2nc3ccccc3s2)ccc1NC(=O)c1ccc([N+](=O)[O-])o1. The summed E-state index contributed by atoms with van der Waals surface area (Å²) in [6.07, 6.45) is 0. The molecule has 134 valence electrons. The van der Waals surface area contributed by atoms with Crippen LogP contribution < -0.4 is 5.32 Å². The molecule has 0 spiro atoms. The molecule has 2 heterocycles. The van der Waals surface area contributed by atoms with Gasteiger partial charge in [0.25, 0.3) is 5.91 Å². The van der Waals surface area contributed by atoms with Crippen molar-refractivity contribution in [1.29, 1.82) is 0 Å². The highest BCUT2D eigenvalue weighted by Gasteiger charge is 2.18. The lowest BCUT2D eigenvalue weighted by Gasteiger charge is -2.08. The van der Waals surface area contributed by atoms with Crippen LogP contribution in [0.5, 0.6) is 0 Å². The Labute approximate surface area is 157 Å². The van der Waals surface area contributed by atoms with E-state index in [0.29, 0.717) is 5.69 Å². The Hall–Kier alpha value is -3.52. The summed E-state index contributed by atoms with van der Waals surface area (Å²) in [4.78, 5) is 26.8. The lowest BCUT2D eigenvalue weighted by atomic mass is 10.1. The molecule has 7 nitrogen and oxygen atoms in total. The van der Waals surface area contributed by atoms with Crippen molar-refractivity contribution in [2.45, 2.75) is 6.92 Å². The second kappa shape index (κ2) is 6.65. The van der Waals surface area contributed by atoms with Crippen molar-refractivity contribution in [3.63, 3.8) is 0 Å². The summed E-state index contributed by atoms with van der Waals surface area (Å²) < 4.78 is 6.04. The molecule has 4 rings (SSSR count). The van der Waals surface area contributed by atoms with Crippen LogP contribution in [-0.2, 0) is 0 Å². The zero-order valence-corrected chi connectivity index (χ0v) is 14.9. The quantitative estimate of drug-likeness (QED) is 0.396. The molecule has 8 heteroatoms. The monoisotopic (exact) mass is 379 g/mol. The molecular weight excluding hydrogens is 366 g/mol. The van der Waals surface area contributed by atoms with Gasteiger partial charge in [-0.15, -0.1) is 11.3 Å². The van der Waals surface area contributed by atoms with E-state index in [4.69, 9.17) is 4.42 Å². The number of anilines is 1. The second-order valence-corrected chi connectivity index (χ2v) is 6.90. The predicted octanol–water partition coefficient (Wildman–Crippen LogP) is 5.03. The van der Waals surface area contributed by atoms with E-state index in [1.54, 1.807) is 17.4 Å².